The highest BCUT2D eigenvalue weighted by molar-refractivity contribution is 5.67. The van der Waals surface area contributed by atoms with E-state index in [9.17, 15) is 4.79 Å². The van der Waals surface area contributed by atoms with Gasteiger partial charge in [-0.05, 0) is 11.8 Å². The van der Waals surface area contributed by atoms with Crippen molar-refractivity contribution in [3.05, 3.63) is 0 Å². The molecular formula is C9H16O3. The van der Waals surface area contributed by atoms with Crippen LogP contribution in [0.25, 0.3) is 0 Å². The van der Waals surface area contributed by atoms with E-state index in [4.69, 9.17) is 9.84 Å². The van der Waals surface area contributed by atoms with Gasteiger partial charge in [0.15, 0.2) is 0 Å². The maximum absolute atomic E-state index is 10.5. The Kier molecular flexibility index (Phi) is 3.09. The third-order valence-electron chi connectivity index (χ3n) is 2.54. The van der Waals surface area contributed by atoms with Crippen molar-refractivity contribution in [1.29, 1.82) is 0 Å². The van der Waals surface area contributed by atoms with Crippen LogP contribution in [-0.2, 0) is 9.53 Å². The number of aliphatic carboxylic acids is 1. The fourth-order valence-electron chi connectivity index (χ4n) is 1.65. The van der Waals surface area contributed by atoms with Crippen LogP contribution in [0.15, 0.2) is 0 Å². The van der Waals surface area contributed by atoms with Crippen molar-refractivity contribution in [2.45, 2.75) is 20.3 Å². The van der Waals surface area contributed by atoms with Gasteiger partial charge in [0.05, 0.1) is 13.2 Å². The van der Waals surface area contributed by atoms with Gasteiger partial charge in [-0.15, -0.1) is 0 Å². The molecule has 0 spiro atoms. The maximum Gasteiger partial charge on any atom is 0.303 e. The van der Waals surface area contributed by atoms with Gasteiger partial charge in [-0.25, -0.2) is 0 Å². The van der Waals surface area contributed by atoms with E-state index < -0.39 is 5.97 Å². The van der Waals surface area contributed by atoms with Crippen LogP contribution in [0.1, 0.15) is 20.3 Å². The third kappa shape index (κ3) is 2.21. The van der Waals surface area contributed by atoms with Crippen molar-refractivity contribution < 1.29 is 14.6 Å². The van der Waals surface area contributed by atoms with E-state index in [0.29, 0.717) is 11.8 Å². The van der Waals surface area contributed by atoms with Crippen molar-refractivity contribution in [3.8, 4) is 0 Å². The smallest absolute Gasteiger partial charge is 0.303 e. The predicted octanol–water partition coefficient (Wildman–Crippen LogP) is 1.38. The fourth-order valence-corrected chi connectivity index (χ4v) is 1.65. The van der Waals surface area contributed by atoms with Gasteiger partial charge in [0, 0.05) is 12.3 Å². The first-order chi connectivity index (χ1) is 5.61. The summed E-state index contributed by atoms with van der Waals surface area (Å²) in [6, 6.07) is 0. The fraction of sp³-hybridized carbons (Fsp3) is 0.889. The first-order valence-electron chi connectivity index (χ1n) is 4.40. The van der Waals surface area contributed by atoms with Crippen molar-refractivity contribution in [1.82, 2.24) is 0 Å². The zero-order valence-electron chi connectivity index (χ0n) is 7.62. The van der Waals surface area contributed by atoms with Gasteiger partial charge in [-0.2, -0.15) is 0 Å². The van der Waals surface area contributed by atoms with Gasteiger partial charge in [0.2, 0.25) is 0 Å². The monoisotopic (exact) mass is 172 g/mol. The van der Waals surface area contributed by atoms with E-state index in [2.05, 4.69) is 13.8 Å². The van der Waals surface area contributed by atoms with Crippen molar-refractivity contribution in [2.24, 2.45) is 17.8 Å². The predicted molar refractivity (Wildman–Crippen MR) is 44.9 cm³/mol. The summed E-state index contributed by atoms with van der Waals surface area (Å²) >= 11 is 0. The molecule has 0 aliphatic carbocycles. The zero-order valence-corrected chi connectivity index (χ0v) is 7.62. The molecule has 1 aliphatic rings. The van der Waals surface area contributed by atoms with E-state index >= 15 is 0 Å². The molecule has 1 aliphatic heterocycles. The summed E-state index contributed by atoms with van der Waals surface area (Å²) in [5.74, 6) is 0.507. The van der Waals surface area contributed by atoms with Gasteiger partial charge in [0.1, 0.15) is 0 Å². The molecule has 1 saturated heterocycles. The molecule has 3 nitrogen and oxygen atoms in total. The Morgan fingerprint density at radius 2 is 2.17 bits per heavy atom. The van der Waals surface area contributed by atoms with Crippen LogP contribution in [0, 0.1) is 17.8 Å². The summed E-state index contributed by atoms with van der Waals surface area (Å²) in [5, 5.41) is 8.66. The lowest BCUT2D eigenvalue weighted by Crippen LogP contribution is -2.37. The van der Waals surface area contributed by atoms with Crippen LogP contribution < -0.4 is 0 Å². The second-order valence-electron chi connectivity index (χ2n) is 3.80. The topological polar surface area (TPSA) is 46.5 Å². The summed E-state index contributed by atoms with van der Waals surface area (Å²) in [7, 11) is 0. The first-order valence-corrected chi connectivity index (χ1v) is 4.40. The van der Waals surface area contributed by atoms with Crippen molar-refractivity contribution >= 4 is 5.97 Å². The molecule has 1 unspecified atom stereocenters. The van der Waals surface area contributed by atoms with E-state index in [1.54, 1.807) is 0 Å². The number of ether oxygens (including phenoxy) is 1. The standard InChI is InChI=1S/C9H16O3/c1-6(2)8(3-9(10)11)7-4-12-5-7/h6-8H,3-5H2,1-2H3,(H,10,11). The molecule has 1 atom stereocenters. The number of hydrogen-bond donors (Lipinski definition) is 1. The molecule has 0 radical (unpaired) electrons. The second kappa shape index (κ2) is 3.90. The Bertz CT molecular complexity index is 161. The Morgan fingerprint density at radius 3 is 2.42 bits per heavy atom. The highest BCUT2D eigenvalue weighted by atomic mass is 16.5. The number of carboxylic acid groups (broad SMARTS) is 1. The lowest BCUT2D eigenvalue weighted by molar-refractivity contribution is -0.142. The lowest BCUT2D eigenvalue weighted by Gasteiger charge is -2.35. The van der Waals surface area contributed by atoms with Gasteiger partial charge in [0.25, 0.3) is 0 Å². The normalized spacial score (nSPS) is 20.6. The number of hydrogen-bond acceptors (Lipinski definition) is 2. The highest BCUT2D eigenvalue weighted by Crippen LogP contribution is 2.29. The van der Waals surface area contributed by atoms with Crippen LogP contribution >= 0.6 is 0 Å². The summed E-state index contributed by atoms with van der Waals surface area (Å²) in [6.07, 6.45) is 0.283. The number of carbonyl (C=O) groups is 1. The highest BCUT2D eigenvalue weighted by Gasteiger charge is 2.31. The van der Waals surface area contributed by atoms with Gasteiger partial charge < -0.3 is 9.84 Å². The average molecular weight is 172 g/mol. The SMILES string of the molecule is CC(C)C(CC(=O)O)C1COC1. The molecule has 0 aromatic carbocycles. The first kappa shape index (κ1) is 9.52. The molecule has 70 valence electrons. The molecule has 1 N–H and O–H groups in total. The lowest BCUT2D eigenvalue weighted by atomic mass is 9.80. The third-order valence-corrected chi connectivity index (χ3v) is 2.54. The van der Waals surface area contributed by atoms with E-state index in [0.717, 1.165) is 13.2 Å². The van der Waals surface area contributed by atoms with Crippen molar-refractivity contribution in [2.75, 3.05) is 13.2 Å². The second-order valence-corrected chi connectivity index (χ2v) is 3.80. The number of rotatable bonds is 4. The molecule has 0 saturated carbocycles. The number of carboxylic acids is 1. The maximum atomic E-state index is 10.5. The summed E-state index contributed by atoms with van der Waals surface area (Å²) in [4.78, 5) is 10.5. The molecule has 0 amide bonds. The Labute approximate surface area is 72.7 Å². The van der Waals surface area contributed by atoms with Gasteiger partial charge in [-0.1, -0.05) is 13.8 Å². The van der Waals surface area contributed by atoms with E-state index in [1.165, 1.54) is 0 Å². The Morgan fingerprint density at radius 1 is 1.58 bits per heavy atom. The van der Waals surface area contributed by atoms with Crippen molar-refractivity contribution in [3.63, 3.8) is 0 Å². The minimum atomic E-state index is -0.694. The molecule has 1 rings (SSSR count). The quantitative estimate of drug-likeness (QED) is 0.696. The van der Waals surface area contributed by atoms with Gasteiger partial charge in [-0.3, -0.25) is 4.79 Å². The summed E-state index contributed by atoms with van der Waals surface area (Å²) < 4.78 is 5.05. The zero-order chi connectivity index (χ0) is 9.14. The molecule has 1 fully saturated rings. The molecule has 1 heterocycles. The molecule has 0 aromatic heterocycles. The van der Waals surface area contributed by atoms with Crippen LogP contribution in [0.2, 0.25) is 0 Å². The summed E-state index contributed by atoms with van der Waals surface area (Å²) in [6.45, 7) is 5.64. The van der Waals surface area contributed by atoms with Crippen LogP contribution in [0.4, 0.5) is 0 Å². The molecule has 0 aromatic rings. The average Bonchev–Trinajstić information content (AvgIpc) is 1.80. The van der Waals surface area contributed by atoms with E-state index in [-0.39, 0.29) is 12.3 Å². The molecule has 3 heteroatoms. The Balaban J connectivity index is 2.42. The minimum absolute atomic E-state index is 0.283. The van der Waals surface area contributed by atoms with E-state index in [1.807, 2.05) is 0 Å². The largest absolute Gasteiger partial charge is 0.481 e. The molecular weight excluding hydrogens is 156 g/mol. The van der Waals surface area contributed by atoms with Crippen LogP contribution in [0.5, 0.6) is 0 Å². The molecule has 12 heavy (non-hydrogen) atoms. The molecule has 0 bridgehead atoms. The van der Waals surface area contributed by atoms with Crippen LogP contribution in [0.3, 0.4) is 0 Å². The van der Waals surface area contributed by atoms with Crippen LogP contribution in [-0.4, -0.2) is 24.3 Å². The van der Waals surface area contributed by atoms with Gasteiger partial charge >= 0.3 is 5.97 Å². The minimum Gasteiger partial charge on any atom is -0.481 e. The Hall–Kier alpha value is -0.570. The summed E-state index contributed by atoms with van der Waals surface area (Å²) in [5.41, 5.74) is 0.